The summed E-state index contributed by atoms with van der Waals surface area (Å²) in [5.41, 5.74) is -0.759. The highest BCUT2D eigenvalue weighted by molar-refractivity contribution is 5.05. The SMILES string of the molecule is C/C=C/C(C)(C(O)OC(C)(C)C1CCC(C)CC1)C(C)(C)C. The van der Waals surface area contributed by atoms with Gasteiger partial charge in [0.15, 0.2) is 6.29 Å². The van der Waals surface area contributed by atoms with Crippen LogP contribution < -0.4 is 0 Å². The van der Waals surface area contributed by atoms with Crippen molar-refractivity contribution < 1.29 is 9.84 Å². The highest BCUT2D eigenvalue weighted by Crippen LogP contribution is 2.46. The van der Waals surface area contributed by atoms with Crippen molar-refractivity contribution in [3.8, 4) is 0 Å². The van der Waals surface area contributed by atoms with Crippen LogP contribution in [-0.4, -0.2) is 17.0 Å². The molecule has 1 saturated carbocycles. The minimum Gasteiger partial charge on any atom is -0.367 e. The number of hydrogen-bond donors (Lipinski definition) is 1. The average Bonchev–Trinajstić information content (AvgIpc) is 2.37. The van der Waals surface area contributed by atoms with E-state index in [-0.39, 0.29) is 11.0 Å². The van der Waals surface area contributed by atoms with Crippen LogP contribution in [0.15, 0.2) is 12.2 Å². The van der Waals surface area contributed by atoms with E-state index in [1.807, 2.05) is 13.0 Å². The predicted octanol–water partition coefficient (Wildman–Crippen LogP) is 5.55. The summed E-state index contributed by atoms with van der Waals surface area (Å²) in [4.78, 5) is 0. The Morgan fingerprint density at radius 1 is 1.00 bits per heavy atom. The first-order valence-corrected chi connectivity index (χ1v) is 8.94. The fourth-order valence-corrected chi connectivity index (χ4v) is 3.51. The lowest BCUT2D eigenvalue weighted by Gasteiger charge is -2.47. The maximum absolute atomic E-state index is 10.9. The third-order valence-corrected chi connectivity index (χ3v) is 6.06. The van der Waals surface area contributed by atoms with Crippen molar-refractivity contribution in [3.63, 3.8) is 0 Å². The summed E-state index contributed by atoms with van der Waals surface area (Å²) < 4.78 is 6.26. The van der Waals surface area contributed by atoms with Gasteiger partial charge < -0.3 is 9.84 Å². The smallest absolute Gasteiger partial charge is 0.164 e. The van der Waals surface area contributed by atoms with Gasteiger partial charge in [0.1, 0.15) is 0 Å². The van der Waals surface area contributed by atoms with Crippen LogP contribution in [0.1, 0.15) is 81.1 Å². The number of aliphatic hydroxyl groups excluding tert-OH is 1. The summed E-state index contributed by atoms with van der Waals surface area (Å²) in [5, 5.41) is 10.9. The van der Waals surface area contributed by atoms with Gasteiger partial charge in [-0.05, 0) is 50.9 Å². The van der Waals surface area contributed by atoms with Gasteiger partial charge in [0.05, 0.1) is 5.60 Å². The summed E-state index contributed by atoms with van der Waals surface area (Å²) in [6.45, 7) is 17.2. The zero-order valence-electron chi connectivity index (χ0n) is 16.1. The lowest BCUT2D eigenvalue weighted by atomic mass is 9.66. The van der Waals surface area contributed by atoms with Crippen LogP contribution in [0, 0.1) is 22.7 Å². The number of ether oxygens (including phenoxy) is 1. The maximum Gasteiger partial charge on any atom is 0.164 e. The Kier molecular flexibility index (Phi) is 6.31. The molecule has 2 nitrogen and oxygen atoms in total. The van der Waals surface area contributed by atoms with Gasteiger partial charge in [-0.15, -0.1) is 0 Å². The number of allylic oxidation sites excluding steroid dienone is 1. The Morgan fingerprint density at radius 3 is 1.91 bits per heavy atom. The average molecular weight is 311 g/mol. The maximum atomic E-state index is 10.9. The molecule has 0 saturated heterocycles. The molecule has 1 aliphatic carbocycles. The lowest BCUT2D eigenvalue weighted by molar-refractivity contribution is -0.248. The first-order chi connectivity index (χ1) is 9.94. The molecule has 0 aromatic heterocycles. The van der Waals surface area contributed by atoms with Crippen LogP contribution in [0.2, 0.25) is 0 Å². The molecule has 1 N–H and O–H groups in total. The zero-order valence-corrected chi connectivity index (χ0v) is 16.1. The summed E-state index contributed by atoms with van der Waals surface area (Å²) in [7, 11) is 0. The normalized spacial score (nSPS) is 28.6. The Morgan fingerprint density at radius 2 is 1.50 bits per heavy atom. The first kappa shape index (κ1) is 19.7. The highest BCUT2D eigenvalue weighted by atomic mass is 16.6. The van der Waals surface area contributed by atoms with Crippen LogP contribution in [-0.2, 0) is 4.74 Å². The topological polar surface area (TPSA) is 29.5 Å². The molecule has 0 radical (unpaired) electrons. The van der Waals surface area contributed by atoms with Gasteiger partial charge >= 0.3 is 0 Å². The zero-order chi connectivity index (χ0) is 17.2. The predicted molar refractivity (Wildman–Crippen MR) is 94.7 cm³/mol. The molecule has 2 atom stereocenters. The number of hydrogen-bond acceptors (Lipinski definition) is 2. The molecule has 1 aliphatic rings. The Bertz CT molecular complexity index is 370. The highest BCUT2D eigenvalue weighted by Gasteiger charge is 2.45. The van der Waals surface area contributed by atoms with E-state index >= 15 is 0 Å². The molecule has 0 aromatic carbocycles. The molecular formula is C20H38O2. The minimum atomic E-state index is -0.793. The molecule has 0 aromatic rings. The van der Waals surface area contributed by atoms with Crippen LogP contribution in [0.3, 0.4) is 0 Å². The molecule has 22 heavy (non-hydrogen) atoms. The molecule has 0 bridgehead atoms. The van der Waals surface area contributed by atoms with E-state index in [0.29, 0.717) is 5.92 Å². The standard InChI is InChI=1S/C20H38O2/c1-9-14-20(8,18(3,4)5)17(21)22-19(6,7)16-12-10-15(2)11-13-16/h9,14-17,21H,10-13H2,1-8H3/b14-9+. The van der Waals surface area contributed by atoms with Crippen molar-refractivity contribution in [3.05, 3.63) is 12.2 Å². The summed E-state index contributed by atoms with van der Waals surface area (Å²) >= 11 is 0. The quantitative estimate of drug-likeness (QED) is 0.532. The molecule has 2 heteroatoms. The van der Waals surface area contributed by atoms with E-state index in [4.69, 9.17) is 4.74 Å². The third kappa shape index (κ3) is 4.35. The summed E-state index contributed by atoms with van der Waals surface area (Å²) in [6, 6.07) is 0. The van der Waals surface area contributed by atoms with Crippen molar-refractivity contribution in [2.45, 2.75) is 93.0 Å². The molecular weight excluding hydrogens is 272 g/mol. The lowest BCUT2D eigenvalue weighted by Crippen LogP contribution is -2.49. The number of rotatable bonds is 5. The van der Waals surface area contributed by atoms with E-state index in [1.165, 1.54) is 25.7 Å². The molecule has 0 spiro atoms. The molecule has 0 aliphatic heterocycles. The van der Waals surface area contributed by atoms with E-state index in [1.54, 1.807) is 0 Å². The Hall–Kier alpha value is -0.340. The Balaban J connectivity index is 2.86. The minimum absolute atomic E-state index is 0.0733. The second-order valence-corrected chi connectivity index (χ2v) is 9.06. The van der Waals surface area contributed by atoms with Gasteiger partial charge in [-0.1, -0.05) is 59.6 Å². The van der Waals surface area contributed by atoms with E-state index in [9.17, 15) is 5.11 Å². The molecule has 130 valence electrons. The van der Waals surface area contributed by atoms with Gasteiger partial charge in [-0.2, -0.15) is 0 Å². The second-order valence-electron chi connectivity index (χ2n) is 9.06. The van der Waals surface area contributed by atoms with Crippen LogP contribution in [0.4, 0.5) is 0 Å². The number of aliphatic hydroxyl groups is 1. The largest absolute Gasteiger partial charge is 0.367 e. The fourth-order valence-electron chi connectivity index (χ4n) is 3.51. The molecule has 0 amide bonds. The molecule has 1 fully saturated rings. The van der Waals surface area contributed by atoms with Gasteiger partial charge in [0, 0.05) is 5.41 Å². The summed E-state index contributed by atoms with van der Waals surface area (Å²) in [5.74, 6) is 1.37. The van der Waals surface area contributed by atoms with Gasteiger partial charge in [-0.3, -0.25) is 0 Å². The molecule has 2 unspecified atom stereocenters. The molecule has 0 heterocycles. The monoisotopic (exact) mass is 310 g/mol. The first-order valence-electron chi connectivity index (χ1n) is 8.94. The van der Waals surface area contributed by atoms with Crippen LogP contribution in [0.5, 0.6) is 0 Å². The van der Waals surface area contributed by atoms with Crippen LogP contribution in [0.25, 0.3) is 0 Å². The Labute approximate surface area is 138 Å². The van der Waals surface area contributed by atoms with Gasteiger partial charge in [0.25, 0.3) is 0 Å². The second kappa shape index (κ2) is 7.05. The van der Waals surface area contributed by atoms with E-state index < -0.39 is 11.7 Å². The van der Waals surface area contributed by atoms with Crippen molar-refractivity contribution in [1.82, 2.24) is 0 Å². The molecule has 1 rings (SSSR count). The van der Waals surface area contributed by atoms with Crippen molar-refractivity contribution in [2.75, 3.05) is 0 Å². The van der Waals surface area contributed by atoms with Crippen molar-refractivity contribution in [1.29, 1.82) is 0 Å². The van der Waals surface area contributed by atoms with E-state index in [0.717, 1.165) is 5.92 Å². The summed E-state index contributed by atoms with van der Waals surface area (Å²) in [6.07, 6.45) is 8.29. The van der Waals surface area contributed by atoms with Crippen molar-refractivity contribution >= 4 is 0 Å². The van der Waals surface area contributed by atoms with Crippen LogP contribution >= 0.6 is 0 Å². The fraction of sp³-hybridized carbons (Fsp3) is 0.900. The van der Waals surface area contributed by atoms with Gasteiger partial charge in [-0.25, -0.2) is 0 Å². The van der Waals surface area contributed by atoms with Gasteiger partial charge in [0.2, 0.25) is 0 Å². The van der Waals surface area contributed by atoms with E-state index in [2.05, 4.69) is 54.5 Å². The van der Waals surface area contributed by atoms with Crippen molar-refractivity contribution in [2.24, 2.45) is 22.7 Å². The third-order valence-electron chi connectivity index (χ3n) is 6.06.